The second kappa shape index (κ2) is 7.59. The first-order valence-corrected chi connectivity index (χ1v) is 8.13. The maximum atomic E-state index is 12.1. The summed E-state index contributed by atoms with van der Waals surface area (Å²) in [5, 5.41) is 13.9. The van der Waals surface area contributed by atoms with E-state index in [9.17, 15) is 4.79 Å². The minimum absolute atomic E-state index is 0.0408. The monoisotopic (exact) mass is 328 g/mol. The molecule has 0 radical (unpaired) electrons. The number of thioether (sulfide) groups is 1. The Kier molecular flexibility index (Phi) is 5.05. The molecule has 0 saturated heterocycles. The molecule has 7 nitrogen and oxygen atoms in total. The highest BCUT2D eigenvalue weighted by Crippen LogP contribution is 2.16. The Morgan fingerprint density at radius 1 is 1.30 bits per heavy atom. The van der Waals surface area contributed by atoms with Crippen LogP contribution in [0.2, 0.25) is 0 Å². The summed E-state index contributed by atoms with van der Waals surface area (Å²) in [7, 11) is 0. The van der Waals surface area contributed by atoms with Crippen molar-refractivity contribution in [1.29, 1.82) is 0 Å². The molecule has 2 heterocycles. The number of rotatable bonds is 7. The van der Waals surface area contributed by atoms with E-state index in [1.54, 1.807) is 12.4 Å². The van der Waals surface area contributed by atoms with Crippen LogP contribution < -0.4 is 5.32 Å². The zero-order chi connectivity index (χ0) is 15.9. The Bertz CT molecular complexity index is 740. The Morgan fingerprint density at radius 2 is 2.17 bits per heavy atom. The van der Waals surface area contributed by atoms with Gasteiger partial charge in [0, 0.05) is 30.3 Å². The van der Waals surface area contributed by atoms with Gasteiger partial charge < -0.3 is 9.88 Å². The van der Waals surface area contributed by atoms with Gasteiger partial charge in [0.1, 0.15) is 17.4 Å². The van der Waals surface area contributed by atoms with E-state index in [4.69, 9.17) is 0 Å². The van der Waals surface area contributed by atoms with Crippen molar-refractivity contribution in [3.05, 3.63) is 48.9 Å². The lowest BCUT2D eigenvalue weighted by Crippen LogP contribution is -2.29. The lowest BCUT2D eigenvalue weighted by Gasteiger charge is -2.08. The van der Waals surface area contributed by atoms with Gasteiger partial charge in [-0.05, 0) is 0 Å². The number of carbonyl (C=O) groups is 1. The second-order valence-corrected chi connectivity index (χ2v) is 5.87. The third-order valence-electron chi connectivity index (χ3n) is 3.13. The Hall–Kier alpha value is -2.61. The zero-order valence-electron chi connectivity index (χ0n) is 12.3. The number of H-pyrrole nitrogens is 1. The first kappa shape index (κ1) is 15.3. The topological polar surface area (TPSA) is 88.5 Å². The summed E-state index contributed by atoms with van der Waals surface area (Å²) in [5.41, 5.74) is 0.992. The predicted octanol–water partition coefficient (Wildman–Crippen LogP) is 1.58. The third-order valence-corrected chi connectivity index (χ3v) is 4.03. The molecule has 1 amide bonds. The first-order valence-electron chi connectivity index (χ1n) is 7.15. The molecule has 0 atom stereocenters. The number of carbonyl (C=O) groups excluding carboxylic acids is 1. The van der Waals surface area contributed by atoms with E-state index in [1.807, 2.05) is 41.1 Å². The van der Waals surface area contributed by atoms with Gasteiger partial charge in [-0.25, -0.2) is 4.98 Å². The summed E-state index contributed by atoms with van der Waals surface area (Å²) in [4.78, 5) is 16.4. The van der Waals surface area contributed by atoms with Gasteiger partial charge in [0.15, 0.2) is 0 Å². The van der Waals surface area contributed by atoms with E-state index in [0.717, 1.165) is 22.2 Å². The van der Waals surface area contributed by atoms with E-state index in [-0.39, 0.29) is 12.5 Å². The van der Waals surface area contributed by atoms with Gasteiger partial charge in [0.25, 0.3) is 0 Å². The Balaban J connectivity index is 1.50. The average Bonchev–Trinajstić information content (AvgIpc) is 3.24. The lowest BCUT2D eigenvalue weighted by molar-refractivity contribution is -0.121. The van der Waals surface area contributed by atoms with Crippen molar-refractivity contribution in [2.75, 3.05) is 12.3 Å². The van der Waals surface area contributed by atoms with Crippen molar-refractivity contribution in [2.45, 2.75) is 11.6 Å². The third kappa shape index (κ3) is 4.19. The van der Waals surface area contributed by atoms with Crippen molar-refractivity contribution in [1.82, 2.24) is 30.3 Å². The van der Waals surface area contributed by atoms with Crippen molar-refractivity contribution in [3.63, 3.8) is 0 Å². The maximum absolute atomic E-state index is 12.1. The number of benzene rings is 1. The van der Waals surface area contributed by atoms with Crippen LogP contribution in [0.4, 0.5) is 0 Å². The van der Waals surface area contributed by atoms with Gasteiger partial charge in [0.05, 0.1) is 6.20 Å². The van der Waals surface area contributed by atoms with Crippen LogP contribution in [0.1, 0.15) is 0 Å². The molecule has 3 rings (SSSR count). The number of hydrogen-bond acceptors (Lipinski definition) is 5. The van der Waals surface area contributed by atoms with Crippen molar-refractivity contribution in [3.8, 4) is 11.4 Å². The van der Waals surface area contributed by atoms with E-state index in [1.165, 1.54) is 11.8 Å². The number of aromatic amines is 1. The maximum Gasteiger partial charge on any atom is 0.240 e. The number of imidazole rings is 1. The van der Waals surface area contributed by atoms with Crippen molar-refractivity contribution in [2.24, 2.45) is 0 Å². The van der Waals surface area contributed by atoms with Gasteiger partial charge in [-0.3, -0.25) is 4.79 Å². The van der Waals surface area contributed by atoms with E-state index < -0.39 is 0 Å². The number of nitrogens with zero attached hydrogens (tertiary/aromatic N) is 4. The smallest absolute Gasteiger partial charge is 0.240 e. The predicted molar refractivity (Wildman–Crippen MR) is 87.8 cm³/mol. The van der Waals surface area contributed by atoms with Crippen LogP contribution in [-0.2, 0) is 11.3 Å². The standard InChI is InChI=1S/C15H16N6OS/c22-13(16-7-9-23-14-10-18-20-19-14)11-21-8-6-17-15(21)12-4-2-1-3-5-12/h1-6,8,10H,7,9,11H2,(H,16,22)(H,18,19,20). The molecule has 8 heteroatoms. The molecule has 118 valence electrons. The van der Waals surface area contributed by atoms with Crippen LogP contribution in [0.5, 0.6) is 0 Å². The van der Waals surface area contributed by atoms with Crippen LogP contribution in [0.3, 0.4) is 0 Å². The summed E-state index contributed by atoms with van der Waals surface area (Å²) in [6.07, 6.45) is 5.17. The molecule has 1 aromatic carbocycles. The van der Waals surface area contributed by atoms with Crippen LogP contribution >= 0.6 is 11.8 Å². The summed E-state index contributed by atoms with van der Waals surface area (Å²) in [5.74, 6) is 1.49. The minimum atomic E-state index is -0.0408. The Labute approximate surface area is 137 Å². The summed E-state index contributed by atoms with van der Waals surface area (Å²) in [6.45, 7) is 0.824. The van der Waals surface area contributed by atoms with Crippen LogP contribution in [0.25, 0.3) is 11.4 Å². The highest BCUT2D eigenvalue weighted by molar-refractivity contribution is 7.99. The highest BCUT2D eigenvalue weighted by Gasteiger charge is 2.09. The molecule has 2 N–H and O–H groups in total. The van der Waals surface area contributed by atoms with Gasteiger partial charge in [-0.15, -0.1) is 16.9 Å². The lowest BCUT2D eigenvalue weighted by atomic mass is 10.2. The van der Waals surface area contributed by atoms with Crippen molar-refractivity contribution >= 4 is 17.7 Å². The summed E-state index contributed by atoms with van der Waals surface area (Å²) in [6, 6.07) is 9.82. The SMILES string of the molecule is O=C(Cn1ccnc1-c1ccccc1)NCCSc1cn[nH]n1. The number of hydrogen-bond donors (Lipinski definition) is 2. The molecule has 3 aromatic rings. The van der Waals surface area contributed by atoms with Crippen LogP contribution in [-0.4, -0.2) is 43.2 Å². The summed E-state index contributed by atoms with van der Waals surface area (Å²) < 4.78 is 1.84. The van der Waals surface area contributed by atoms with Gasteiger partial charge >= 0.3 is 0 Å². The molecule has 2 aromatic heterocycles. The van der Waals surface area contributed by atoms with Crippen molar-refractivity contribution < 1.29 is 4.79 Å². The molecule has 23 heavy (non-hydrogen) atoms. The first-order chi connectivity index (χ1) is 11.3. The fourth-order valence-electron chi connectivity index (χ4n) is 2.10. The molecule has 0 aliphatic carbocycles. The van der Waals surface area contributed by atoms with Gasteiger partial charge in [-0.1, -0.05) is 30.3 Å². The fourth-order valence-corrected chi connectivity index (χ4v) is 2.75. The molecular weight excluding hydrogens is 312 g/mol. The molecule has 0 aliphatic rings. The van der Waals surface area contributed by atoms with E-state index in [2.05, 4.69) is 25.7 Å². The molecule has 0 saturated carbocycles. The molecule has 0 unspecified atom stereocenters. The normalized spacial score (nSPS) is 10.6. The number of amides is 1. The van der Waals surface area contributed by atoms with E-state index in [0.29, 0.717) is 6.54 Å². The number of nitrogens with one attached hydrogen (secondary N) is 2. The molecule has 0 spiro atoms. The average molecular weight is 328 g/mol. The molecule has 0 fully saturated rings. The zero-order valence-corrected chi connectivity index (χ0v) is 13.2. The summed E-state index contributed by atoms with van der Waals surface area (Å²) >= 11 is 1.54. The second-order valence-electron chi connectivity index (χ2n) is 4.75. The number of aromatic nitrogens is 5. The fraction of sp³-hybridized carbons (Fsp3) is 0.200. The largest absolute Gasteiger partial charge is 0.354 e. The molecule has 0 bridgehead atoms. The molecular formula is C15H16N6OS. The van der Waals surface area contributed by atoms with E-state index >= 15 is 0 Å². The van der Waals surface area contributed by atoms with Crippen LogP contribution in [0, 0.1) is 0 Å². The van der Waals surface area contributed by atoms with Gasteiger partial charge in [-0.2, -0.15) is 10.3 Å². The minimum Gasteiger partial charge on any atom is -0.354 e. The Morgan fingerprint density at radius 3 is 2.96 bits per heavy atom. The molecule has 0 aliphatic heterocycles. The highest BCUT2D eigenvalue weighted by atomic mass is 32.2. The van der Waals surface area contributed by atoms with Crippen LogP contribution in [0.15, 0.2) is 53.9 Å². The van der Waals surface area contributed by atoms with Gasteiger partial charge in [0.2, 0.25) is 5.91 Å². The quantitative estimate of drug-likeness (QED) is 0.508.